The fourth-order valence-corrected chi connectivity index (χ4v) is 4.04. The van der Waals surface area contributed by atoms with Crippen molar-refractivity contribution in [1.29, 1.82) is 0 Å². The Morgan fingerprint density at radius 1 is 1.00 bits per heavy atom. The third-order valence-corrected chi connectivity index (χ3v) is 5.90. The third kappa shape index (κ3) is 6.76. The van der Waals surface area contributed by atoms with E-state index in [4.69, 9.17) is 34.7 Å². The summed E-state index contributed by atoms with van der Waals surface area (Å²) in [5.41, 5.74) is 3.21. The Balaban J connectivity index is 0.000000523. The Morgan fingerprint density at radius 3 is 2.19 bits per heavy atom. The molecule has 7 nitrogen and oxygen atoms in total. The van der Waals surface area contributed by atoms with Crippen LogP contribution in [-0.4, -0.2) is 38.1 Å². The van der Waals surface area contributed by atoms with Crippen LogP contribution in [0.5, 0.6) is 0 Å². The van der Waals surface area contributed by atoms with Gasteiger partial charge in [-0.3, -0.25) is 0 Å². The van der Waals surface area contributed by atoms with Gasteiger partial charge in [-0.2, -0.15) is 0 Å². The number of nitrogens with zero attached hydrogens (tertiary/aromatic N) is 2. The van der Waals surface area contributed by atoms with Crippen LogP contribution in [0.2, 0.25) is 5.02 Å². The summed E-state index contributed by atoms with van der Waals surface area (Å²) in [6.07, 6.45) is 2.37. The molecule has 1 aliphatic heterocycles. The Labute approximate surface area is 194 Å². The molecule has 0 bridgehead atoms. The molecule has 1 saturated heterocycles. The predicted octanol–water partition coefficient (Wildman–Crippen LogP) is -0.198. The second kappa shape index (κ2) is 10.3. The number of hydrogen-bond acceptors (Lipinski definition) is 6. The minimum Gasteiger partial charge on any atom is -0.456 e. The van der Waals surface area contributed by atoms with Crippen molar-refractivity contribution in [3.8, 4) is 11.3 Å². The van der Waals surface area contributed by atoms with Crippen molar-refractivity contribution in [2.75, 3.05) is 27.2 Å². The van der Waals surface area contributed by atoms with E-state index in [0.29, 0.717) is 6.04 Å². The maximum absolute atomic E-state index is 8.49. The molecular formula is C23H26Cl2N2O5. The molecule has 2 heterocycles. The van der Waals surface area contributed by atoms with Gasteiger partial charge in [0.2, 0.25) is 5.36 Å². The highest BCUT2D eigenvalue weighted by Crippen LogP contribution is 2.24. The molecule has 0 N–H and O–H groups in total. The molecule has 2 aromatic carbocycles. The molecule has 3 aromatic rings. The fourth-order valence-electron chi connectivity index (χ4n) is 3.91. The summed E-state index contributed by atoms with van der Waals surface area (Å²) in [5.74, 6) is 0.873. The lowest BCUT2D eigenvalue weighted by molar-refractivity contribution is -2.00. The van der Waals surface area contributed by atoms with Gasteiger partial charge < -0.3 is 9.32 Å². The van der Waals surface area contributed by atoms with E-state index in [1.807, 2.05) is 24.3 Å². The van der Waals surface area contributed by atoms with Gasteiger partial charge in [0.25, 0.3) is 0 Å². The van der Waals surface area contributed by atoms with Crippen molar-refractivity contribution < 1.29 is 33.3 Å². The van der Waals surface area contributed by atoms with E-state index in [1.165, 1.54) is 29.1 Å². The molecule has 32 heavy (non-hydrogen) atoms. The van der Waals surface area contributed by atoms with Crippen LogP contribution in [0, 0.1) is 17.2 Å². The zero-order valence-electron chi connectivity index (χ0n) is 18.2. The lowest BCUT2D eigenvalue weighted by atomic mass is 10.0. The molecule has 0 unspecified atom stereocenters. The van der Waals surface area contributed by atoms with Gasteiger partial charge in [0.1, 0.15) is 18.4 Å². The Bertz CT molecular complexity index is 1130. The van der Waals surface area contributed by atoms with E-state index in [0.717, 1.165) is 35.0 Å². The largest absolute Gasteiger partial charge is 0.456 e. The monoisotopic (exact) mass is 480 g/mol. The number of aryl methyl sites for hydroxylation is 1. The molecule has 1 aliphatic rings. The van der Waals surface area contributed by atoms with E-state index in [9.17, 15) is 0 Å². The molecule has 0 radical (unpaired) electrons. The van der Waals surface area contributed by atoms with E-state index in [2.05, 4.69) is 54.8 Å². The summed E-state index contributed by atoms with van der Waals surface area (Å²) < 4.78 is 42.7. The minimum absolute atomic E-state index is 0.547. The lowest BCUT2D eigenvalue weighted by Gasteiger charge is -2.26. The third-order valence-electron chi connectivity index (χ3n) is 5.64. The van der Waals surface area contributed by atoms with Crippen molar-refractivity contribution in [1.82, 2.24) is 9.48 Å². The zero-order chi connectivity index (χ0) is 23.5. The van der Waals surface area contributed by atoms with Crippen LogP contribution >= 0.6 is 11.6 Å². The van der Waals surface area contributed by atoms with Crippen molar-refractivity contribution in [2.45, 2.75) is 25.8 Å². The Kier molecular flexibility index (Phi) is 7.95. The molecule has 9 heteroatoms. The van der Waals surface area contributed by atoms with Crippen molar-refractivity contribution in [3.05, 3.63) is 64.5 Å². The van der Waals surface area contributed by atoms with Gasteiger partial charge in [-0.15, -0.1) is 10.2 Å². The average molecular weight is 481 g/mol. The number of benzene rings is 2. The zero-order valence-corrected chi connectivity index (χ0v) is 19.7. The molecule has 0 aliphatic carbocycles. The van der Waals surface area contributed by atoms with Crippen molar-refractivity contribution in [2.24, 2.45) is 0 Å². The van der Waals surface area contributed by atoms with Crippen LogP contribution in [-0.2, 0) is 0 Å². The first kappa shape index (κ1) is 24.7. The predicted molar refractivity (Wildman–Crippen MR) is 113 cm³/mol. The van der Waals surface area contributed by atoms with Crippen molar-refractivity contribution in [3.63, 3.8) is 0 Å². The SMILES string of the molecule is Cc1ccc2oc(-c3ccc(Cl)cc3)cc(=[N+](C)C3CCN(C)CC3)c2c1.[O-][Cl+3]([O-])([O-])[O-]. The quantitative estimate of drug-likeness (QED) is 0.469. The van der Waals surface area contributed by atoms with Crippen LogP contribution in [0.25, 0.3) is 22.3 Å². The summed E-state index contributed by atoms with van der Waals surface area (Å²) in [7, 11) is -0.520. The second-order valence-electron chi connectivity index (χ2n) is 8.03. The summed E-state index contributed by atoms with van der Waals surface area (Å²) in [6.45, 7) is 4.42. The summed E-state index contributed by atoms with van der Waals surface area (Å²) in [6, 6.07) is 17.0. The second-order valence-corrected chi connectivity index (χ2v) is 9.22. The summed E-state index contributed by atoms with van der Waals surface area (Å²) >= 11 is 6.06. The number of fused-ring (bicyclic) bond motifs is 1. The molecule has 0 amide bonds. The first-order valence-corrected chi connectivity index (χ1v) is 11.8. The Morgan fingerprint density at radius 2 is 1.59 bits per heavy atom. The molecule has 1 fully saturated rings. The number of halogens is 2. The number of piperidine rings is 1. The van der Waals surface area contributed by atoms with Gasteiger partial charge in [0.05, 0.1) is 11.5 Å². The van der Waals surface area contributed by atoms with Gasteiger partial charge in [-0.05, 0) is 50.4 Å². The van der Waals surface area contributed by atoms with Gasteiger partial charge in [-0.25, -0.2) is 23.2 Å². The molecule has 4 rings (SSSR count). The smallest absolute Gasteiger partial charge is 0.214 e. The lowest BCUT2D eigenvalue weighted by Crippen LogP contribution is -2.68. The maximum atomic E-state index is 8.49. The molecule has 0 saturated carbocycles. The van der Waals surface area contributed by atoms with Gasteiger partial charge in [0, 0.05) is 36.5 Å². The minimum atomic E-state index is -4.94. The highest BCUT2D eigenvalue weighted by Gasteiger charge is 2.24. The number of rotatable bonds is 2. The number of likely N-dealkylation sites (tertiary alicyclic amines) is 1. The maximum Gasteiger partial charge on any atom is 0.214 e. The topological polar surface area (TPSA) is 112 Å². The highest BCUT2D eigenvalue weighted by molar-refractivity contribution is 6.30. The molecule has 1 aromatic heterocycles. The fraction of sp³-hybridized carbons (Fsp3) is 0.348. The molecule has 0 atom stereocenters. The van der Waals surface area contributed by atoms with Crippen LogP contribution in [0.3, 0.4) is 0 Å². The highest BCUT2D eigenvalue weighted by atomic mass is 35.7. The van der Waals surface area contributed by atoms with E-state index >= 15 is 0 Å². The Hall–Kier alpha value is -1.97. The molecule has 172 valence electrons. The van der Waals surface area contributed by atoms with E-state index in [-0.39, 0.29) is 0 Å². The average Bonchev–Trinajstić information content (AvgIpc) is 2.72. The standard InChI is InChI=1S/C23H26ClN2O.ClHO4/c1-16-4-9-22-20(14-16)21(26(3)19-10-12-25(2)13-11-19)15-23(27-22)17-5-7-18(24)8-6-17;2-1(3,4)5/h4-9,14-15,19H,10-13H2,1-3H3;(H,2,3,4,5)/q+1;/p-1. The first-order chi connectivity index (χ1) is 15.0. The van der Waals surface area contributed by atoms with Gasteiger partial charge >= 0.3 is 0 Å². The van der Waals surface area contributed by atoms with Crippen LogP contribution < -0.4 is 28.6 Å². The normalized spacial score (nSPS) is 16.5. The summed E-state index contributed by atoms with van der Waals surface area (Å²) in [5, 5.41) is 3.15. The number of hydrogen-bond donors (Lipinski definition) is 0. The van der Waals surface area contributed by atoms with Crippen LogP contribution in [0.15, 0.2) is 52.9 Å². The van der Waals surface area contributed by atoms with Crippen LogP contribution in [0.4, 0.5) is 0 Å². The summed E-state index contributed by atoms with van der Waals surface area (Å²) in [4.78, 5) is 2.41. The first-order valence-electron chi connectivity index (χ1n) is 10.2. The van der Waals surface area contributed by atoms with Crippen LogP contribution in [0.1, 0.15) is 18.4 Å². The van der Waals surface area contributed by atoms with E-state index in [1.54, 1.807) is 0 Å². The van der Waals surface area contributed by atoms with Gasteiger partial charge in [-0.1, -0.05) is 23.2 Å². The van der Waals surface area contributed by atoms with Crippen molar-refractivity contribution >= 4 is 22.6 Å². The van der Waals surface area contributed by atoms with E-state index < -0.39 is 10.2 Å². The molecular weight excluding hydrogens is 455 g/mol. The van der Waals surface area contributed by atoms with Gasteiger partial charge in [0.15, 0.2) is 6.04 Å². The molecule has 0 spiro atoms.